The normalized spacial score (nSPS) is 16.0. The second-order valence-electron chi connectivity index (χ2n) is 5.69. The van der Waals surface area contributed by atoms with Crippen LogP contribution in [0.15, 0.2) is 24.3 Å². The number of ether oxygens (including phenoxy) is 1. The lowest BCUT2D eigenvalue weighted by molar-refractivity contribution is 0.185. The van der Waals surface area contributed by atoms with Gasteiger partial charge in [0.25, 0.3) is 0 Å². The Kier molecular flexibility index (Phi) is 8.19. The van der Waals surface area contributed by atoms with Crippen LogP contribution in [0.2, 0.25) is 0 Å². The summed E-state index contributed by atoms with van der Waals surface area (Å²) in [4.78, 5) is 2.56. The number of nitriles is 1. The summed E-state index contributed by atoms with van der Waals surface area (Å²) in [5.74, 6) is 1.61. The van der Waals surface area contributed by atoms with Crippen LogP contribution in [0.1, 0.15) is 38.2 Å². The predicted octanol–water partition coefficient (Wildman–Crippen LogP) is 3.87. The highest BCUT2D eigenvalue weighted by molar-refractivity contribution is 5.85. The maximum atomic E-state index is 8.98. The minimum Gasteiger partial charge on any atom is -0.492 e. The number of rotatable bonds is 6. The highest BCUT2D eigenvalue weighted by atomic mass is 35.5. The SMILES string of the molecule is CC1CCN(CCCCOc2ccccc2C#N)CC1.Cl. The van der Waals surface area contributed by atoms with Gasteiger partial charge >= 0.3 is 0 Å². The summed E-state index contributed by atoms with van der Waals surface area (Å²) in [5, 5.41) is 8.98. The van der Waals surface area contributed by atoms with Gasteiger partial charge in [0.1, 0.15) is 11.8 Å². The number of unbranched alkanes of at least 4 members (excludes halogenated alkanes) is 1. The van der Waals surface area contributed by atoms with E-state index < -0.39 is 0 Å². The van der Waals surface area contributed by atoms with Gasteiger partial charge in [-0.25, -0.2) is 0 Å². The lowest BCUT2D eigenvalue weighted by Gasteiger charge is -2.30. The van der Waals surface area contributed by atoms with Gasteiger partial charge in [-0.15, -0.1) is 12.4 Å². The molecular formula is C17H25ClN2O. The van der Waals surface area contributed by atoms with E-state index in [-0.39, 0.29) is 12.4 Å². The van der Waals surface area contributed by atoms with Crippen molar-refractivity contribution in [2.45, 2.75) is 32.6 Å². The third-order valence-electron chi connectivity index (χ3n) is 4.01. The first-order valence-corrected chi connectivity index (χ1v) is 7.64. The topological polar surface area (TPSA) is 36.3 Å². The maximum absolute atomic E-state index is 8.98. The molecule has 0 amide bonds. The minimum atomic E-state index is 0. The summed E-state index contributed by atoms with van der Waals surface area (Å²) in [5.41, 5.74) is 0.623. The zero-order valence-corrected chi connectivity index (χ0v) is 13.6. The van der Waals surface area contributed by atoms with Crippen LogP contribution in [-0.4, -0.2) is 31.1 Å². The fraction of sp³-hybridized carbons (Fsp3) is 0.588. The van der Waals surface area contributed by atoms with Gasteiger partial charge in [-0.3, -0.25) is 0 Å². The zero-order chi connectivity index (χ0) is 14.2. The molecular weight excluding hydrogens is 284 g/mol. The van der Waals surface area contributed by atoms with Crippen LogP contribution in [0.4, 0.5) is 0 Å². The molecule has 1 aromatic rings. The van der Waals surface area contributed by atoms with Crippen molar-refractivity contribution in [3.63, 3.8) is 0 Å². The summed E-state index contributed by atoms with van der Waals surface area (Å²) < 4.78 is 5.69. The number of benzene rings is 1. The Morgan fingerprint density at radius 1 is 1.24 bits per heavy atom. The highest BCUT2D eigenvalue weighted by Crippen LogP contribution is 2.18. The minimum absolute atomic E-state index is 0. The van der Waals surface area contributed by atoms with Gasteiger partial charge in [-0.05, 0) is 63.4 Å². The first-order valence-electron chi connectivity index (χ1n) is 7.64. The molecule has 1 aliphatic heterocycles. The molecule has 1 aromatic carbocycles. The molecule has 0 aliphatic carbocycles. The van der Waals surface area contributed by atoms with Crippen LogP contribution in [0.25, 0.3) is 0 Å². The molecule has 0 spiro atoms. The first kappa shape index (κ1) is 17.8. The van der Waals surface area contributed by atoms with E-state index in [0.29, 0.717) is 17.9 Å². The summed E-state index contributed by atoms with van der Waals surface area (Å²) in [7, 11) is 0. The van der Waals surface area contributed by atoms with Gasteiger partial charge < -0.3 is 9.64 Å². The monoisotopic (exact) mass is 308 g/mol. The molecule has 0 radical (unpaired) electrons. The molecule has 1 aliphatic rings. The van der Waals surface area contributed by atoms with Crippen LogP contribution in [0.5, 0.6) is 5.75 Å². The fourth-order valence-corrected chi connectivity index (χ4v) is 2.59. The molecule has 0 bridgehead atoms. The molecule has 0 saturated carbocycles. The van der Waals surface area contributed by atoms with E-state index in [1.807, 2.05) is 18.2 Å². The van der Waals surface area contributed by atoms with Gasteiger partial charge in [-0.2, -0.15) is 5.26 Å². The average Bonchev–Trinajstić information content (AvgIpc) is 2.49. The molecule has 1 saturated heterocycles. The molecule has 4 heteroatoms. The molecule has 2 rings (SSSR count). The molecule has 21 heavy (non-hydrogen) atoms. The van der Waals surface area contributed by atoms with Gasteiger partial charge in [0.05, 0.1) is 12.2 Å². The Balaban J connectivity index is 0.00000220. The van der Waals surface area contributed by atoms with Crippen LogP contribution in [0.3, 0.4) is 0 Å². The van der Waals surface area contributed by atoms with E-state index >= 15 is 0 Å². The summed E-state index contributed by atoms with van der Waals surface area (Å²) in [6.45, 7) is 6.72. The predicted molar refractivity (Wildman–Crippen MR) is 88.0 cm³/mol. The van der Waals surface area contributed by atoms with E-state index in [9.17, 15) is 0 Å². The van der Waals surface area contributed by atoms with E-state index in [2.05, 4.69) is 17.9 Å². The van der Waals surface area contributed by atoms with Crippen LogP contribution >= 0.6 is 12.4 Å². The van der Waals surface area contributed by atoms with E-state index in [1.165, 1.54) is 38.9 Å². The van der Waals surface area contributed by atoms with Crippen molar-refractivity contribution in [1.29, 1.82) is 5.26 Å². The smallest absolute Gasteiger partial charge is 0.137 e. The summed E-state index contributed by atoms with van der Waals surface area (Å²) in [6, 6.07) is 9.59. The van der Waals surface area contributed by atoms with Gasteiger partial charge in [-0.1, -0.05) is 19.1 Å². The van der Waals surface area contributed by atoms with Crippen LogP contribution in [0, 0.1) is 17.2 Å². The number of hydrogen-bond donors (Lipinski definition) is 0. The Morgan fingerprint density at radius 2 is 1.95 bits per heavy atom. The van der Waals surface area contributed by atoms with Crippen molar-refractivity contribution in [2.24, 2.45) is 5.92 Å². The zero-order valence-electron chi connectivity index (χ0n) is 12.8. The van der Waals surface area contributed by atoms with Gasteiger partial charge in [0, 0.05) is 0 Å². The largest absolute Gasteiger partial charge is 0.492 e. The number of hydrogen-bond acceptors (Lipinski definition) is 3. The summed E-state index contributed by atoms with van der Waals surface area (Å²) >= 11 is 0. The van der Waals surface area contributed by atoms with Crippen molar-refractivity contribution in [3.05, 3.63) is 29.8 Å². The average molecular weight is 309 g/mol. The Bertz CT molecular complexity index is 450. The van der Waals surface area contributed by atoms with Crippen molar-refractivity contribution in [1.82, 2.24) is 4.90 Å². The van der Waals surface area contributed by atoms with Crippen molar-refractivity contribution in [2.75, 3.05) is 26.2 Å². The molecule has 0 unspecified atom stereocenters. The Morgan fingerprint density at radius 3 is 2.67 bits per heavy atom. The summed E-state index contributed by atoms with van der Waals surface area (Å²) in [6.07, 6.45) is 4.90. The maximum Gasteiger partial charge on any atom is 0.137 e. The van der Waals surface area contributed by atoms with Crippen molar-refractivity contribution in [3.8, 4) is 11.8 Å². The molecule has 0 atom stereocenters. The standard InChI is InChI=1S/C17H24N2O.ClH/c1-15-8-11-19(12-9-15)10-4-5-13-20-17-7-3-2-6-16(17)14-18;/h2-3,6-7,15H,4-5,8-13H2,1H3;1H. The second-order valence-corrected chi connectivity index (χ2v) is 5.69. The van der Waals surface area contributed by atoms with Gasteiger partial charge in [0.15, 0.2) is 0 Å². The lowest BCUT2D eigenvalue weighted by Crippen LogP contribution is -2.33. The fourth-order valence-electron chi connectivity index (χ4n) is 2.59. The Hall–Kier alpha value is -1.24. The van der Waals surface area contributed by atoms with E-state index in [4.69, 9.17) is 10.00 Å². The third-order valence-corrected chi connectivity index (χ3v) is 4.01. The second kappa shape index (κ2) is 9.65. The van der Waals surface area contributed by atoms with Crippen molar-refractivity contribution < 1.29 is 4.74 Å². The third kappa shape index (κ3) is 5.95. The Labute approximate surface area is 134 Å². The first-order chi connectivity index (χ1) is 9.79. The van der Waals surface area contributed by atoms with E-state index in [1.54, 1.807) is 6.07 Å². The van der Waals surface area contributed by atoms with Crippen molar-refractivity contribution >= 4 is 12.4 Å². The molecule has 0 aromatic heterocycles. The molecule has 1 heterocycles. The van der Waals surface area contributed by atoms with Crippen LogP contribution < -0.4 is 4.74 Å². The quantitative estimate of drug-likeness (QED) is 0.748. The molecule has 0 N–H and O–H groups in total. The lowest BCUT2D eigenvalue weighted by atomic mass is 9.99. The van der Waals surface area contributed by atoms with Gasteiger partial charge in [0.2, 0.25) is 0 Å². The number of para-hydroxylation sites is 1. The van der Waals surface area contributed by atoms with E-state index in [0.717, 1.165) is 12.3 Å². The number of halogens is 1. The number of likely N-dealkylation sites (tertiary alicyclic amines) is 1. The van der Waals surface area contributed by atoms with Crippen LogP contribution in [-0.2, 0) is 0 Å². The highest BCUT2D eigenvalue weighted by Gasteiger charge is 2.14. The molecule has 1 fully saturated rings. The molecule has 116 valence electrons. The molecule has 3 nitrogen and oxygen atoms in total. The number of nitrogens with zero attached hydrogens (tertiary/aromatic N) is 2. The number of piperidine rings is 1.